The molecule has 2 atom stereocenters. The van der Waals surface area contributed by atoms with E-state index >= 15 is 0 Å². The van der Waals surface area contributed by atoms with Gasteiger partial charge in [0, 0.05) is 18.7 Å². The van der Waals surface area contributed by atoms with E-state index in [2.05, 4.69) is 34.7 Å². The molecule has 2 unspecified atom stereocenters. The van der Waals surface area contributed by atoms with Gasteiger partial charge in [-0.05, 0) is 53.7 Å². The monoisotopic (exact) mass is 326 g/mol. The van der Waals surface area contributed by atoms with Crippen LogP contribution in [0.2, 0.25) is 0 Å². The molecule has 4 nitrogen and oxygen atoms in total. The molecule has 0 aromatic heterocycles. The van der Waals surface area contributed by atoms with Gasteiger partial charge in [-0.1, -0.05) is 19.1 Å². The van der Waals surface area contributed by atoms with Crippen LogP contribution in [0.25, 0.3) is 0 Å². The van der Waals surface area contributed by atoms with E-state index in [-0.39, 0.29) is 10.6 Å². The summed E-state index contributed by atoms with van der Waals surface area (Å²) in [6.45, 7) is 6.36. The summed E-state index contributed by atoms with van der Waals surface area (Å²) in [5.74, 6) is 0.686. The van der Waals surface area contributed by atoms with Gasteiger partial charge in [-0.25, -0.2) is 0 Å². The number of nitrogens with zero attached hydrogens (tertiary/aromatic N) is 2. The first-order chi connectivity index (χ1) is 9.00. The van der Waals surface area contributed by atoms with E-state index in [1.807, 2.05) is 6.07 Å². The van der Waals surface area contributed by atoms with Gasteiger partial charge >= 0.3 is 0 Å². The summed E-state index contributed by atoms with van der Waals surface area (Å²) in [5, 5.41) is 10.9. The van der Waals surface area contributed by atoms with Crippen molar-refractivity contribution in [1.82, 2.24) is 4.90 Å². The van der Waals surface area contributed by atoms with E-state index in [1.165, 1.54) is 18.9 Å². The van der Waals surface area contributed by atoms with Gasteiger partial charge in [0.2, 0.25) is 0 Å². The number of halogens is 1. The van der Waals surface area contributed by atoms with Crippen LogP contribution in [0.5, 0.6) is 0 Å². The summed E-state index contributed by atoms with van der Waals surface area (Å²) in [7, 11) is 0. The highest BCUT2D eigenvalue weighted by Crippen LogP contribution is 2.31. The number of likely N-dealkylation sites (tertiary alicyclic amines) is 1. The SMILES string of the molecule is CC1CCCN(Cc2cccc([N+](=O)[O-])c2Br)C1C. The van der Waals surface area contributed by atoms with Crippen molar-refractivity contribution in [3.63, 3.8) is 0 Å². The molecule has 1 aliphatic heterocycles. The zero-order valence-electron chi connectivity index (χ0n) is 11.3. The average molecular weight is 327 g/mol. The second-order valence-corrected chi connectivity index (χ2v) is 6.13. The van der Waals surface area contributed by atoms with E-state index in [4.69, 9.17) is 0 Å². The van der Waals surface area contributed by atoms with E-state index in [0.717, 1.165) is 18.7 Å². The van der Waals surface area contributed by atoms with Crippen LogP contribution in [-0.4, -0.2) is 22.4 Å². The molecule has 104 valence electrons. The van der Waals surface area contributed by atoms with Crippen LogP contribution >= 0.6 is 15.9 Å². The molecule has 0 radical (unpaired) electrons. The molecule has 0 saturated carbocycles. The first-order valence-electron chi connectivity index (χ1n) is 6.66. The van der Waals surface area contributed by atoms with Gasteiger partial charge < -0.3 is 0 Å². The lowest BCUT2D eigenvalue weighted by molar-refractivity contribution is -0.385. The summed E-state index contributed by atoms with van der Waals surface area (Å²) >= 11 is 3.38. The van der Waals surface area contributed by atoms with E-state index in [1.54, 1.807) is 6.07 Å². The van der Waals surface area contributed by atoms with Crippen LogP contribution in [-0.2, 0) is 6.54 Å². The van der Waals surface area contributed by atoms with Crippen molar-refractivity contribution >= 4 is 21.6 Å². The average Bonchev–Trinajstić information content (AvgIpc) is 2.37. The normalized spacial score (nSPS) is 24.4. The molecule has 0 amide bonds. The molecule has 0 aliphatic carbocycles. The smallest absolute Gasteiger partial charge is 0.283 e. The molecule has 0 bridgehead atoms. The predicted molar refractivity (Wildman–Crippen MR) is 79.1 cm³/mol. The second-order valence-electron chi connectivity index (χ2n) is 5.34. The third-order valence-electron chi connectivity index (χ3n) is 4.13. The highest BCUT2D eigenvalue weighted by molar-refractivity contribution is 9.10. The zero-order valence-corrected chi connectivity index (χ0v) is 12.9. The van der Waals surface area contributed by atoms with Crippen molar-refractivity contribution in [3.8, 4) is 0 Å². The maximum Gasteiger partial charge on any atom is 0.283 e. The molecule has 2 rings (SSSR count). The highest BCUT2D eigenvalue weighted by Gasteiger charge is 2.26. The zero-order chi connectivity index (χ0) is 14.0. The Kier molecular flexibility index (Phi) is 4.58. The van der Waals surface area contributed by atoms with Gasteiger partial charge in [0.1, 0.15) is 0 Å². The number of hydrogen-bond acceptors (Lipinski definition) is 3. The summed E-state index contributed by atoms with van der Waals surface area (Å²) in [5.41, 5.74) is 1.14. The molecule has 0 spiro atoms. The number of hydrogen-bond donors (Lipinski definition) is 0. The lowest BCUT2D eigenvalue weighted by Crippen LogP contribution is -2.41. The van der Waals surface area contributed by atoms with Gasteiger partial charge in [0.15, 0.2) is 0 Å². The Morgan fingerprint density at radius 3 is 2.89 bits per heavy atom. The minimum Gasteiger partial charge on any atom is -0.296 e. The maximum absolute atomic E-state index is 10.9. The van der Waals surface area contributed by atoms with E-state index in [9.17, 15) is 10.1 Å². The van der Waals surface area contributed by atoms with E-state index < -0.39 is 0 Å². The molecule has 1 aromatic carbocycles. The largest absolute Gasteiger partial charge is 0.296 e. The Hall–Kier alpha value is -0.940. The molecular formula is C14H19BrN2O2. The van der Waals surface area contributed by atoms with Crippen molar-refractivity contribution in [2.45, 2.75) is 39.3 Å². The van der Waals surface area contributed by atoms with Crippen LogP contribution in [0.3, 0.4) is 0 Å². The predicted octanol–water partition coefficient (Wildman–Crippen LogP) is 3.98. The van der Waals surface area contributed by atoms with Crippen LogP contribution in [0.4, 0.5) is 5.69 Å². The summed E-state index contributed by atoms with van der Waals surface area (Å²) in [6.07, 6.45) is 2.48. The summed E-state index contributed by atoms with van der Waals surface area (Å²) in [6, 6.07) is 5.79. The van der Waals surface area contributed by atoms with Crippen molar-refractivity contribution in [1.29, 1.82) is 0 Å². The molecule has 1 fully saturated rings. The lowest BCUT2D eigenvalue weighted by atomic mass is 9.92. The minimum atomic E-state index is -0.337. The molecule has 0 N–H and O–H groups in total. The molecule has 1 heterocycles. The van der Waals surface area contributed by atoms with Crippen molar-refractivity contribution in [2.75, 3.05) is 6.54 Å². The maximum atomic E-state index is 10.9. The van der Waals surface area contributed by atoms with E-state index in [0.29, 0.717) is 16.4 Å². The Balaban J connectivity index is 2.19. The van der Waals surface area contributed by atoms with Crippen molar-refractivity contribution in [2.24, 2.45) is 5.92 Å². The third-order valence-corrected chi connectivity index (χ3v) is 5.05. The quantitative estimate of drug-likeness (QED) is 0.623. The third kappa shape index (κ3) is 3.15. The summed E-state index contributed by atoms with van der Waals surface area (Å²) in [4.78, 5) is 13.0. The van der Waals surface area contributed by atoms with Crippen LogP contribution < -0.4 is 0 Å². The van der Waals surface area contributed by atoms with Gasteiger partial charge in [-0.2, -0.15) is 0 Å². The van der Waals surface area contributed by atoms with Gasteiger partial charge in [-0.15, -0.1) is 0 Å². The molecule has 5 heteroatoms. The molecule has 1 saturated heterocycles. The number of nitro benzene ring substituents is 1. The van der Waals surface area contributed by atoms with Gasteiger partial charge in [0.05, 0.1) is 9.40 Å². The van der Waals surface area contributed by atoms with Gasteiger partial charge in [-0.3, -0.25) is 15.0 Å². The Bertz CT molecular complexity index is 479. The topological polar surface area (TPSA) is 46.4 Å². The summed E-state index contributed by atoms with van der Waals surface area (Å²) < 4.78 is 0.616. The fourth-order valence-corrected chi connectivity index (χ4v) is 3.23. The Labute approximate surface area is 122 Å². The fourth-order valence-electron chi connectivity index (χ4n) is 2.69. The molecule has 1 aliphatic rings. The van der Waals surface area contributed by atoms with Crippen molar-refractivity contribution < 1.29 is 4.92 Å². The number of piperidine rings is 1. The van der Waals surface area contributed by atoms with Crippen LogP contribution in [0, 0.1) is 16.0 Å². The number of nitro groups is 1. The Morgan fingerprint density at radius 1 is 1.47 bits per heavy atom. The van der Waals surface area contributed by atoms with Gasteiger partial charge in [0.25, 0.3) is 5.69 Å². The fraction of sp³-hybridized carbons (Fsp3) is 0.571. The lowest BCUT2D eigenvalue weighted by Gasteiger charge is -2.38. The standard InChI is InChI=1S/C14H19BrN2O2/c1-10-5-4-8-16(11(10)2)9-12-6-3-7-13(14(12)15)17(18)19/h3,6-7,10-11H,4-5,8-9H2,1-2H3. The molecule has 1 aromatic rings. The first kappa shape index (κ1) is 14.5. The molecular weight excluding hydrogens is 308 g/mol. The minimum absolute atomic E-state index is 0.148. The van der Waals surface area contributed by atoms with Crippen LogP contribution in [0.15, 0.2) is 22.7 Å². The number of rotatable bonds is 3. The van der Waals surface area contributed by atoms with Crippen LogP contribution in [0.1, 0.15) is 32.3 Å². The second kappa shape index (κ2) is 6.01. The highest BCUT2D eigenvalue weighted by atomic mass is 79.9. The van der Waals surface area contributed by atoms with Crippen molar-refractivity contribution in [3.05, 3.63) is 38.3 Å². The number of benzene rings is 1. The first-order valence-corrected chi connectivity index (χ1v) is 7.46. The Morgan fingerprint density at radius 2 is 2.21 bits per heavy atom. The molecule has 19 heavy (non-hydrogen) atoms.